The van der Waals surface area contributed by atoms with E-state index in [0.29, 0.717) is 13.2 Å². The van der Waals surface area contributed by atoms with Crippen LogP contribution in [0, 0.1) is 0 Å². The molecule has 1 saturated heterocycles. The molecule has 3 nitrogen and oxygen atoms in total. The van der Waals surface area contributed by atoms with E-state index in [1.807, 2.05) is 0 Å². The Labute approximate surface area is 66.9 Å². The Morgan fingerprint density at radius 2 is 1.73 bits per heavy atom. The molecule has 64 valence electrons. The summed E-state index contributed by atoms with van der Waals surface area (Å²) in [6, 6.07) is 0. The lowest BCUT2D eigenvalue weighted by molar-refractivity contribution is -0.373. The summed E-state index contributed by atoms with van der Waals surface area (Å²) in [4.78, 5) is 8.79. The molecule has 1 heterocycles. The Morgan fingerprint density at radius 3 is 1.91 bits per heavy atom. The average Bonchev–Trinajstić information content (AvgIpc) is 2.64. The van der Waals surface area contributed by atoms with E-state index in [2.05, 4.69) is 21.9 Å². The number of allylic oxidation sites excluding steroid dienone is 2. The van der Waals surface area contributed by atoms with Crippen molar-refractivity contribution >= 4 is 0 Å². The smallest absolute Gasteiger partial charge is 0.180 e. The quantitative estimate of drug-likeness (QED) is 0.396. The number of hydrogen-bond acceptors (Lipinski definition) is 3. The van der Waals surface area contributed by atoms with Crippen molar-refractivity contribution in [3.8, 4) is 0 Å². The van der Waals surface area contributed by atoms with Crippen molar-refractivity contribution in [2.45, 2.75) is 19.3 Å². The van der Waals surface area contributed by atoms with Gasteiger partial charge in [0.05, 0.1) is 6.61 Å². The Morgan fingerprint density at radius 1 is 0.909 bits per heavy atom. The summed E-state index contributed by atoms with van der Waals surface area (Å²) in [5, 5.41) is 0. The van der Waals surface area contributed by atoms with Gasteiger partial charge in [-0.2, -0.15) is 0 Å². The summed E-state index contributed by atoms with van der Waals surface area (Å²) in [6.45, 7) is 1.49. The first-order valence-electron chi connectivity index (χ1n) is 3.97. The third-order valence-corrected chi connectivity index (χ3v) is 1.43. The average molecular weight is 158 g/mol. The van der Waals surface area contributed by atoms with Crippen molar-refractivity contribution in [3.63, 3.8) is 0 Å². The molecule has 0 radical (unpaired) electrons. The fourth-order valence-electron chi connectivity index (χ4n) is 0.868. The zero-order valence-corrected chi connectivity index (χ0v) is 6.62. The first-order chi connectivity index (χ1) is 5.50. The summed E-state index contributed by atoms with van der Waals surface area (Å²) < 4.78 is 4.72. The van der Waals surface area contributed by atoms with Gasteiger partial charge in [-0.15, -0.1) is 0 Å². The topological polar surface area (TPSA) is 27.7 Å². The van der Waals surface area contributed by atoms with E-state index < -0.39 is 0 Å². The van der Waals surface area contributed by atoms with Crippen LogP contribution in [0.25, 0.3) is 0 Å². The summed E-state index contributed by atoms with van der Waals surface area (Å²) in [6.07, 6.45) is 8.50. The van der Waals surface area contributed by atoms with Crippen LogP contribution in [0.15, 0.2) is 12.2 Å². The second-order valence-electron chi connectivity index (χ2n) is 2.37. The predicted octanol–water partition coefficient (Wildman–Crippen LogP) is 1.65. The van der Waals surface area contributed by atoms with Gasteiger partial charge in [0.1, 0.15) is 6.61 Å². The van der Waals surface area contributed by atoms with Crippen molar-refractivity contribution in [2.75, 3.05) is 20.0 Å². The van der Waals surface area contributed by atoms with Crippen molar-refractivity contribution < 1.29 is 14.5 Å². The molecular formula is C8H14O3. The molecule has 0 bridgehead atoms. The number of ether oxygens (including phenoxy) is 1. The maximum Gasteiger partial charge on any atom is 0.180 e. The van der Waals surface area contributed by atoms with Gasteiger partial charge in [0, 0.05) is 0 Å². The molecule has 0 aromatic rings. The van der Waals surface area contributed by atoms with Crippen LogP contribution in [0.1, 0.15) is 19.3 Å². The summed E-state index contributed by atoms with van der Waals surface area (Å²) in [5.74, 6) is 0. The van der Waals surface area contributed by atoms with E-state index in [-0.39, 0.29) is 6.79 Å². The molecule has 1 fully saturated rings. The van der Waals surface area contributed by atoms with Gasteiger partial charge in [-0.25, -0.2) is 9.78 Å². The minimum atomic E-state index is 0.278. The van der Waals surface area contributed by atoms with Gasteiger partial charge in [0.25, 0.3) is 0 Å². The molecule has 0 amide bonds. The molecule has 1 aliphatic heterocycles. The summed E-state index contributed by atoms with van der Waals surface area (Å²) >= 11 is 0. The summed E-state index contributed by atoms with van der Waals surface area (Å²) in [5.41, 5.74) is 0. The van der Waals surface area contributed by atoms with Crippen molar-refractivity contribution in [1.29, 1.82) is 0 Å². The monoisotopic (exact) mass is 158 g/mol. The van der Waals surface area contributed by atoms with E-state index in [0.717, 1.165) is 0 Å². The van der Waals surface area contributed by atoms with Gasteiger partial charge in [0.2, 0.25) is 0 Å². The Balaban J connectivity index is 0.000000112. The van der Waals surface area contributed by atoms with Gasteiger partial charge in [-0.05, 0) is 19.3 Å². The molecule has 3 heteroatoms. The molecule has 0 aromatic heterocycles. The van der Waals surface area contributed by atoms with Gasteiger partial charge >= 0.3 is 0 Å². The largest absolute Gasteiger partial charge is 0.350 e. The van der Waals surface area contributed by atoms with Crippen molar-refractivity contribution in [2.24, 2.45) is 0 Å². The van der Waals surface area contributed by atoms with Gasteiger partial charge in [-0.1, -0.05) is 12.2 Å². The maximum absolute atomic E-state index is 4.72. The van der Waals surface area contributed by atoms with Crippen LogP contribution in [0.4, 0.5) is 0 Å². The Bertz CT molecular complexity index is 90.4. The SMILES string of the molecule is C1=CCCC1.C1COOCO1. The second kappa shape index (κ2) is 6.34. The maximum atomic E-state index is 4.72. The van der Waals surface area contributed by atoms with Crippen molar-refractivity contribution in [1.82, 2.24) is 0 Å². The van der Waals surface area contributed by atoms with Gasteiger partial charge < -0.3 is 4.74 Å². The molecule has 0 saturated carbocycles. The zero-order chi connectivity index (χ0) is 7.78. The highest BCUT2D eigenvalue weighted by atomic mass is 17.2. The van der Waals surface area contributed by atoms with E-state index in [9.17, 15) is 0 Å². The lowest BCUT2D eigenvalue weighted by atomic mass is 10.4. The van der Waals surface area contributed by atoms with Crippen LogP contribution in [-0.2, 0) is 14.5 Å². The molecule has 2 rings (SSSR count). The predicted molar refractivity (Wildman–Crippen MR) is 40.8 cm³/mol. The fourth-order valence-corrected chi connectivity index (χ4v) is 0.868. The normalized spacial score (nSPS) is 22.5. The Hall–Kier alpha value is -0.380. The molecule has 0 N–H and O–H groups in total. The molecular weight excluding hydrogens is 144 g/mol. The van der Waals surface area contributed by atoms with Gasteiger partial charge in [0.15, 0.2) is 6.79 Å². The van der Waals surface area contributed by atoms with Crippen LogP contribution in [0.2, 0.25) is 0 Å². The van der Waals surface area contributed by atoms with Gasteiger partial charge in [-0.3, -0.25) is 0 Å². The molecule has 1 aliphatic carbocycles. The summed E-state index contributed by atoms with van der Waals surface area (Å²) in [7, 11) is 0. The van der Waals surface area contributed by atoms with E-state index in [1.54, 1.807) is 0 Å². The first-order valence-corrected chi connectivity index (χ1v) is 3.97. The highest BCUT2D eigenvalue weighted by Crippen LogP contribution is 2.05. The fraction of sp³-hybridized carbons (Fsp3) is 0.750. The molecule has 0 spiro atoms. The molecule has 0 aromatic carbocycles. The molecule has 0 unspecified atom stereocenters. The van der Waals surface area contributed by atoms with Crippen LogP contribution in [0.5, 0.6) is 0 Å². The van der Waals surface area contributed by atoms with Crippen molar-refractivity contribution in [3.05, 3.63) is 12.2 Å². The highest BCUT2D eigenvalue weighted by molar-refractivity contribution is 4.88. The minimum absolute atomic E-state index is 0.278. The van der Waals surface area contributed by atoms with Crippen LogP contribution in [0.3, 0.4) is 0 Å². The molecule has 11 heavy (non-hydrogen) atoms. The number of hydrogen-bond donors (Lipinski definition) is 0. The lowest BCUT2D eigenvalue weighted by Crippen LogP contribution is -2.14. The van der Waals surface area contributed by atoms with Crippen LogP contribution >= 0.6 is 0 Å². The molecule has 2 aliphatic rings. The first kappa shape index (κ1) is 8.71. The third kappa shape index (κ3) is 4.95. The number of rotatable bonds is 0. The van der Waals surface area contributed by atoms with Crippen LogP contribution < -0.4 is 0 Å². The van der Waals surface area contributed by atoms with E-state index in [1.165, 1.54) is 19.3 Å². The second-order valence-corrected chi connectivity index (χ2v) is 2.37. The zero-order valence-electron chi connectivity index (χ0n) is 6.62. The Kier molecular flexibility index (Phi) is 5.02. The van der Waals surface area contributed by atoms with E-state index >= 15 is 0 Å². The van der Waals surface area contributed by atoms with E-state index in [4.69, 9.17) is 4.74 Å². The standard InChI is InChI=1S/C5H8.C3H6O3/c1-2-4-5-3-1;1-2-5-6-3-4-1/h1-2H,3-5H2;1-3H2. The minimum Gasteiger partial charge on any atom is -0.350 e. The lowest BCUT2D eigenvalue weighted by Gasteiger charge is -2.08. The van der Waals surface area contributed by atoms with Crippen LogP contribution in [-0.4, -0.2) is 20.0 Å². The third-order valence-electron chi connectivity index (χ3n) is 1.43. The highest BCUT2D eigenvalue weighted by Gasteiger charge is 1.95. The molecule has 0 atom stereocenters.